The van der Waals surface area contributed by atoms with E-state index in [0.29, 0.717) is 17.8 Å². The fourth-order valence-electron chi connectivity index (χ4n) is 2.69. The number of urea groups is 1. The van der Waals surface area contributed by atoms with E-state index in [2.05, 4.69) is 15.5 Å². The van der Waals surface area contributed by atoms with Gasteiger partial charge in [0.2, 0.25) is 0 Å². The third-order valence-corrected chi connectivity index (χ3v) is 5.25. The molecule has 1 aromatic heterocycles. The van der Waals surface area contributed by atoms with Crippen LogP contribution in [0.2, 0.25) is 0 Å². The minimum atomic E-state index is -0.0798. The van der Waals surface area contributed by atoms with Gasteiger partial charge in [-0.25, -0.2) is 4.79 Å². The molecule has 1 fully saturated rings. The summed E-state index contributed by atoms with van der Waals surface area (Å²) in [6, 6.07) is 7.72. The Bertz CT molecular complexity index is 697. The van der Waals surface area contributed by atoms with E-state index in [4.69, 9.17) is 4.52 Å². The van der Waals surface area contributed by atoms with Crippen LogP contribution in [0.4, 0.5) is 10.5 Å². The maximum atomic E-state index is 12.5. The Hall–Kier alpha value is -2.02. The van der Waals surface area contributed by atoms with E-state index in [0.717, 1.165) is 42.0 Å². The van der Waals surface area contributed by atoms with E-state index in [9.17, 15) is 4.79 Å². The van der Waals surface area contributed by atoms with E-state index in [1.165, 1.54) is 0 Å². The molecule has 24 heavy (non-hydrogen) atoms. The molecule has 0 spiro atoms. The Labute approximate surface area is 146 Å². The van der Waals surface area contributed by atoms with E-state index in [1.54, 1.807) is 0 Å². The van der Waals surface area contributed by atoms with Crippen LogP contribution >= 0.6 is 11.8 Å². The standard InChI is InChI=1S/C17H22N4O2S/c1-3-15-19-16(23-20-15)12-5-4-6-13(11-12)18-17(22)21(2)14-7-9-24-10-8-14/h4-6,11,14H,3,7-10H2,1-2H3,(H,18,22). The molecule has 2 aromatic rings. The lowest BCUT2D eigenvalue weighted by molar-refractivity contribution is 0.200. The molecular formula is C17H22N4O2S. The molecule has 2 amide bonds. The third-order valence-electron chi connectivity index (χ3n) is 4.20. The quantitative estimate of drug-likeness (QED) is 0.915. The number of rotatable bonds is 4. The van der Waals surface area contributed by atoms with Gasteiger partial charge in [-0.2, -0.15) is 16.7 Å². The van der Waals surface area contributed by atoms with Crippen LogP contribution in [-0.4, -0.2) is 45.7 Å². The van der Waals surface area contributed by atoms with Gasteiger partial charge < -0.3 is 14.7 Å². The maximum Gasteiger partial charge on any atom is 0.321 e. The number of carbonyl (C=O) groups excluding carboxylic acids is 1. The number of nitrogens with one attached hydrogen (secondary N) is 1. The molecule has 1 saturated heterocycles. The molecule has 1 aliphatic rings. The molecule has 0 atom stereocenters. The smallest absolute Gasteiger partial charge is 0.321 e. The van der Waals surface area contributed by atoms with Crippen molar-refractivity contribution in [1.82, 2.24) is 15.0 Å². The zero-order valence-electron chi connectivity index (χ0n) is 14.0. The first-order chi connectivity index (χ1) is 11.7. The average Bonchev–Trinajstić information content (AvgIpc) is 3.11. The Morgan fingerprint density at radius 2 is 2.21 bits per heavy atom. The van der Waals surface area contributed by atoms with Gasteiger partial charge in [-0.3, -0.25) is 0 Å². The summed E-state index contributed by atoms with van der Waals surface area (Å²) in [5, 5.41) is 6.87. The molecule has 6 nitrogen and oxygen atoms in total. The van der Waals surface area contributed by atoms with Crippen molar-refractivity contribution in [2.45, 2.75) is 32.2 Å². The van der Waals surface area contributed by atoms with Crippen molar-refractivity contribution in [3.8, 4) is 11.5 Å². The fraction of sp³-hybridized carbons (Fsp3) is 0.471. The van der Waals surface area contributed by atoms with Gasteiger partial charge in [0.15, 0.2) is 5.82 Å². The normalized spacial score (nSPS) is 15.2. The van der Waals surface area contributed by atoms with Crippen LogP contribution < -0.4 is 5.32 Å². The number of benzene rings is 1. The average molecular weight is 346 g/mol. The Balaban J connectivity index is 1.68. The van der Waals surface area contributed by atoms with Crippen molar-refractivity contribution in [1.29, 1.82) is 0 Å². The highest BCUT2D eigenvalue weighted by Gasteiger charge is 2.22. The third kappa shape index (κ3) is 3.90. The second-order valence-corrected chi connectivity index (χ2v) is 7.06. The number of amides is 2. The summed E-state index contributed by atoms with van der Waals surface area (Å²) in [5.41, 5.74) is 1.53. The Morgan fingerprint density at radius 3 is 2.92 bits per heavy atom. The summed E-state index contributed by atoms with van der Waals surface area (Å²) >= 11 is 1.95. The summed E-state index contributed by atoms with van der Waals surface area (Å²) < 4.78 is 5.26. The molecule has 0 bridgehead atoms. The van der Waals surface area contributed by atoms with Gasteiger partial charge in [-0.05, 0) is 42.5 Å². The first kappa shape index (κ1) is 16.8. The summed E-state index contributed by atoms with van der Waals surface area (Å²) in [7, 11) is 1.87. The van der Waals surface area contributed by atoms with Crippen LogP contribution in [0.3, 0.4) is 0 Å². The highest BCUT2D eigenvalue weighted by molar-refractivity contribution is 7.99. The lowest BCUT2D eigenvalue weighted by Crippen LogP contribution is -2.41. The van der Waals surface area contributed by atoms with E-state index in [-0.39, 0.29) is 6.03 Å². The van der Waals surface area contributed by atoms with Crippen molar-refractivity contribution < 1.29 is 9.32 Å². The molecule has 2 heterocycles. The number of hydrogen-bond donors (Lipinski definition) is 1. The van der Waals surface area contributed by atoms with Crippen LogP contribution in [0.1, 0.15) is 25.6 Å². The van der Waals surface area contributed by atoms with Crippen LogP contribution in [0.15, 0.2) is 28.8 Å². The highest BCUT2D eigenvalue weighted by atomic mass is 32.2. The Morgan fingerprint density at radius 1 is 1.42 bits per heavy atom. The monoisotopic (exact) mass is 346 g/mol. The molecule has 1 aliphatic heterocycles. The van der Waals surface area contributed by atoms with Gasteiger partial charge >= 0.3 is 6.03 Å². The number of nitrogens with zero attached hydrogens (tertiary/aromatic N) is 3. The van der Waals surface area contributed by atoms with Gasteiger partial charge in [0.05, 0.1) is 0 Å². The molecule has 1 aromatic carbocycles. The molecule has 128 valence electrons. The number of aryl methyl sites for hydroxylation is 1. The summed E-state index contributed by atoms with van der Waals surface area (Å²) in [6.07, 6.45) is 2.83. The zero-order chi connectivity index (χ0) is 16.9. The minimum absolute atomic E-state index is 0.0798. The first-order valence-electron chi connectivity index (χ1n) is 8.22. The Kier molecular flexibility index (Phi) is 5.40. The number of carbonyl (C=O) groups is 1. The van der Waals surface area contributed by atoms with Crippen molar-refractivity contribution >= 4 is 23.5 Å². The molecular weight excluding hydrogens is 324 g/mol. The number of thioether (sulfide) groups is 1. The molecule has 0 unspecified atom stereocenters. The van der Waals surface area contributed by atoms with Crippen molar-refractivity contribution in [2.24, 2.45) is 0 Å². The van der Waals surface area contributed by atoms with Gasteiger partial charge in [-0.1, -0.05) is 18.1 Å². The van der Waals surface area contributed by atoms with Crippen LogP contribution in [0, 0.1) is 0 Å². The van der Waals surface area contributed by atoms with Crippen LogP contribution in [0.5, 0.6) is 0 Å². The van der Waals surface area contributed by atoms with Gasteiger partial charge in [-0.15, -0.1) is 0 Å². The van der Waals surface area contributed by atoms with Gasteiger partial charge in [0.1, 0.15) is 0 Å². The second kappa shape index (κ2) is 7.70. The second-order valence-electron chi connectivity index (χ2n) is 5.83. The molecule has 7 heteroatoms. The predicted octanol–water partition coefficient (Wildman–Crippen LogP) is 3.66. The maximum absolute atomic E-state index is 12.5. The van der Waals surface area contributed by atoms with Crippen molar-refractivity contribution in [2.75, 3.05) is 23.9 Å². The summed E-state index contributed by atoms with van der Waals surface area (Å²) in [6.45, 7) is 1.98. The molecule has 0 radical (unpaired) electrons. The van der Waals surface area contributed by atoms with Gasteiger partial charge in [0, 0.05) is 30.8 Å². The fourth-order valence-corrected chi connectivity index (χ4v) is 3.78. The lowest BCUT2D eigenvalue weighted by Gasteiger charge is -2.31. The first-order valence-corrected chi connectivity index (χ1v) is 9.37. The van der Waals surface area contributed by atoms with E-state index >= 15 is 0 Å². The van der Waals surface area contributed by atoms with Crippen LogP contribution in [-0.2, 0) is 6.42 Å². The number of anilines is 1. The number of aromatic nitrogens is 2. The minimum Gasteiger partial charge on any atom is -0.334 e. The molecule has 3 rings (SSSR count). The highest BCUT2D eigenvalue weighted by Crippen LogP contribution is 2.23. The summed E-state index contributed by atoms with van der Waals surface area (Å²) in [5.74, 6) is 3.39. The number of hydrogen-bond acceptors (Lipinski definition) is 5. The van der Waals surface area contributed by atoms with Crippen LogP contribution in [0.25, 0.3) is 11.5 Å². The van der Waals surface area contributed by atoms with Crippen molar-refractivity contribution in [3.05, 3.63) is 30.1 Å². The summed E-state index contributed by atoms with van der Waals surface area (Å²) in [4.78, 5) is 18.6. The molecule has 0 saturated carbocycles. The van der Waals surface area contributed by atoms with E-state index in [1.807, 2.05) is 54.9 Å². The SMILES string of the molecule is CCc1noc(-c2cccc(NC(=O)N(C)C3CCSCC3)c2)n1. The topological polar surface area (TPSA) is 71.3 Å². The molecule has 0 aliphatic carbocycles. The van der Waals surface area contributed by atoms with Crippen molar-refractivity contribution in [3.63, 3.8) is 0 Å². The lowest BCUT2D eigenvalue weighted by atomic mass is 10.1. The van der Waals surface area contributed by atoms with Gasteiger partial charge in [0.25, 0.3) is 5.89 Å². The largest absolute Gasteiger partial charge is 0.334 e. The predicted molar refractivity (Wildman–Crippen MR) is 96.2 cm³/mol. The zero-order valence-corrected chi connectivity index (χ0v) is 14.8. The molecule has 1 N–H and O–H groups in total. The van der Waals surface area contributed by atoms with E-state index < -0.39 is 0 Å².